The van der Waals surface area contributed by atoms with Gasteiger partial charge in [-0.2, -0.15) is 0 Å². The van der Waals surface area contributed by atoms with E-state index in [0.717, 1.165) is 34.6 Å². The van der Waals surface area contributed by atoms with Crippen molar-refractivity contribution in [3.63, 3.8) is 0 Å². The molecule has 2 rings (SSSR count). The van der Waals surface area contributed by atoms with E-state index in [2.05, 4.69) is 24.1 Å². The van der Waals surface area contributed by atoms with Crippen molar-refractivity contribution >= 4 is 5.70 Å². The fraction of sp³-hybridized carbons (Fsp3) is 0.263. The SMILES string of the molecule is C=CC1=C(\C=C)N(C)Cc2ccccc2/C(N)=C\1N(N)C(C)C. The normalized spacial score (nSPS) is 21.5. The Labute approximate surface area is 139 Å². The molecule has 1 aromatic rings. The number of hydrazine groups is 1. The molecule has 4 N–H and O–H groups in total. The molecule has 122 valence electrons. The van der Waals surface area contributed by atoms with Crippen molar-refractivity contribution in [3.05, 3.63) is 77.7 Å². The highest BCUT2D eigenvalue weighted by Crippen LogP contribution is 2.32. The first-order chi connectivity index (χ1) is 10.9. The summed E-state index contributed by atoms with van der Waals surface area (Å²) in [6.45, 7) is 12.7. The van der Waals surface area contributed by atoms with Crippen LogP contribution in [0.4, 0.5) is 0 Å². The second kappa shape index (κ2) is 6.75. The number of benzene rings is 1. The van der Waals surface area contributed by atoms with Crippen LogP contribution in [-0.2, 0) is 6.54 Å². The van der Waals surface area contributed by atoms with E-state index in [0.29, 0.717) is 5.70 Å². The summed E-state index contributed by atoms with van der Waals surface area (Å²) in [4.78, 5) is 2.14. The lowest BCUT2D eigenvalue weighted by Gasteiger charge is -2.34. The van der Waals surface area contributed by atoms with E-state index in [1.54, 1.807) is 11.1 Å². The van der Waals surface area contributed by atoms with Gasteiger partial charge in [-0.1, -0.05) is 43.5 Å². The van der Waals surface area contributed by atoms with E-state index in [-0.39, 0.29) is 6.04 Å². The fourth-order valence-corrected chi connectivity index (χ4v) is 2.86. The minimum Gasteiger partial charge on any atom is -0.396 e. The Morgan fingerprint density at radius 3 is 2.43 bits per heavy atom. The molecule has 0 saturated carbocycles. The number of hydrogen-bond acceptors (Lipinski definition) is 4. The second-order valence-electron chi connectivity index (χ2n) is 5.98. The number of rotatable bonds is 4. The number of likely N-dealkylation sites (N-methyl/N-ethyl adjacent to an activating group) is 1. The monoisotopic (exact) mass is 310 g/mol. The fourth-order valence-electron chi connectivity index (χ4n) is 2.86. The smallest absolute Gasteiger partial charge is 0.0848 e. The molecule has 4 heteroatoms. The summed E-state index contributed by atoms with van der Waals surface area (Å²) < 4.78 is 0. The Bertz CT molecular complexity index is 682. The number of fused-ring (bicyclic) bond motifs is 1. The molecular formula is C19H26N4. The number of nitrogens with two attached hydrogens (primary N) is 2. The van der Waals surface area contributed by atoms with E-state index < -0.39 is 0 Å². The predicted octanol–water partition coefficient (Wildman–Crippen LogP) is 2.97. The zero-order valence-corrected chi connectivity index (χ0v) is 14.2. The van der Waals surface area contributed by atoms with Crippen LogP contribution in [0.15, 0.2) is 66.5 Å². The van der Waals surface area contributed by atoms with Crippen LogP contribution in [0.1, 0.15) is 25.0 Å². The van der Waals surface area contributed by atoms with Gasteiger partial charge in [0.15, 0.2) is 0 Å². The molecule has 0 radical (unpaired) electrons. The molecular weight excluding hydrogens is 284 g/mol. The summed E-state index contributed by atoms with van der Waals surface area (Å²) in [7, 11) is 2.03. The average Bonchev–Trinajstić information content (AvgIpc) is 2.53. The molecule has 0 spiro atoms. The van der Waals surface area contributed by atoms with Crippen molar-refractivity contribution in [3.8, 4) is 0 Å². The third-order valence-corrected chi connectivity index (χ3v) is 4.12. The van der Waals surface area contributed by atoms with Crippen molar-refractivity contribution in [2.24, 2.45) is 11.6 Å². The highest BCUT2D eigenvalue weighted by Gasteiger charge is 2.24. The molecule has 1 aliphatic rings. The van der Waals surface area contributed by atoms with E-state index in [9.17, 15) is 0 Å². The van der Waals surface area contributed by atoms with Gasteiger partial charge in [-0.3, -0.25) is 0 Å². The average molecular weight is 310 g/mol. The minimum absolute atomic E-state index is 0.0986. The quantitative estimate of drug-likeness (QED) is 0.663. The van der Waals surface area contributed by atoms with Crippen LogP contribution in [0.25, 0.3) is 5.70 Å². The van der Waals surface area contributed by atoms with Crippen molar-refractivity contribution in [1.82, 2.24) is 9.91 Å². The summed E-state index contributed by atoms with van der Waals surface area (Å²) in [5.41, 5.74) is 12.0. The molecule has 0 aliphatic carbocycles. The van der Waals surface area contributed by atoms with Gasteiger partial charge in [-0.05, 0) is 25.5 Å². The zero-order chi connectivity index (χ0) is 17.1. The highest BCUT2D eigenvalue weighted by atomic mass is 15.4. The van der Waals surface area contributed by atoms with Gasteiger partial charge in [0.25, 0.3) is 0 Å². The molecule has 0 aromatic heterocycles. The number of nitrogens with zero attached hydrogens (tertiary/aromatic N) is 2. The lowest BCUT2D eigenvalue weighted by Crippen LogP contribution is -2.39. The standard InChI is InChI=1S/C19H26N4/c1-6-15-17(7-2)22(5)12-14-10-8-9-11-16(14)18(20)19(15)23(21)13(3)4/h6-11,13H,1-2,12,20-21H2,3-5H3/b17-15-,19-18-. The first kappa shape index (κ1) is 16.9. The Morgan fingerprint density at radius 1 is 1.22 bits per heavy atom. The van der Waals surface area contributed by atoms with Crippen LogP contribution >= 0.6 is 0 Å². The van der Waals surface area contributed by atoms with E-state index >= 15 is 0 Å². The molecule has 0 amide bonds. The summed E-state index contributed by atoms with van der Waals surface area (Å²) in [5.74, 6) is 6.35. The summed E-state index contributed by atoms with van der Waals surface area (Å²) in [5, 5.41) is 1.70. The molecule has 23 heavy (non-hydrogen) atoms. The third kappa shape index (κ3) is 3.03. The molecule has 0 unspecified atom stereocenters. The second-order valence-corrected chi connectivity index (χ2v) is 5.98. The first-order valence-corrected chi connectivity index (χ1v) is 7.75. The molecule has 1 aromatic carbocycles. The lowest BCUT2D eigenvalue weighted by atomic mass is 9.95. The largest absolute Gasteiger partial charge is 0.396 e. The topological polar surface area (TPSA) is 58.5 Å². The highest BCUT2D eigenvalue weighted by molar-refractivity contribution is 5.74. The maximum Gasteiger partial charge on any atom is 0.0848 e. The van der Waals surface area contributed by atoms with E-state index in [4.69, 9.17) is 11.6 Å². The van der Waals surface area contributed by atoms with Gasteiger partial charge >= 0.3 is 0 Å². The van der Waals surface area contributed by atoms with Crippen LogP contribution in [0.2, 0.25) is 0 Å². The lowest BCUT2D eigenvalue weighted by molar-refractivity contribution is 0.298. The van der Waals surface area contributed by atoms with Gasteiger partial charge in [0.2, 0.25) is 0 Å². The number of hydrogen-bond donors (Lipinski definition) is 2. The molecule has 4 nitrogen and oxygen atoms in total. The van der Waals surface area contributed by atoms with Crippen molar-refractivity contribution in [2.45, 2.75) is 26.4 Å². The molecule has 1 aliphatic heterocycles. The van der Waals surface area contributed by atoms with E-state index in [1.165, 1.54) is 0 Å². The third-order valence-electron chi connectivity index (χ3n) is 4.12. The Balaban J connectivity index is 2.86. The van der Waals surface area contributed by atoms with Gasteiger partial charge in [0, 0.05) is 36.5 Å². The van der Waals surface area contributed by atoms with Gasteiger partial charge in [0.1, 0.15) is 0 Å². The molecule has 0 saturated heterocycles. The van der Waals surface area contributed by atoms with Gasteiger partial charge in [-0.15, -0.1) is 0 Å². The van der Waals surface area contributed by atoms with E-state index in [1.807, 2.05) is 45.2 Å². The van der Waals surface area contributed by atoms with Crippen LogP contribution in [-0.4, -0.2) is 23.0 Å². The van der Waals surface area contributed by atoms with Crippen molar-refractivity contribution in [1.29, 1.82) is 0 Å². The molecule has 1 heterocycles. The molecule has 0 atom stereocenters. The molecule has 0 bridgehead atoms. The maximum atomic E-state index is 6.55. The zero-order valence-electron chi connectivity index (χ0n) is 14.2. The van der Waals surface area contributed by atoms with Crippen molar-refractivity contribution in [2.75, 3.05) is 7.05 Å². The Morgan fingerprint density at radius 2 is 1.87 bits per heavy atom. The van der Waals surface area contributed by atoms with Gasteiger partial charge < -0.3 is 15.6 Å². The maximum absolute atomic E-state index is 6.55. The number of allylic oxidation sites excluding steroid dienone is 2. The van der Waals surface area contributed by atoms with Crippen LogP contribution in [0.3, 0.4) is 0 Å². The summed E-state index contributed by atoms with van der Waals surface area (Å²) in [6.07, 6.45) is 3.62. The Hall–Kier alpha value is -2.46. The van der Waals surface area contributed by atoms with Crippen LogP contribution in [0.5, 0.6) is 0 Å². The first-order valence-electron chi connectivity index (χ1n) is 7.75. The van der Waals surface area contributed by atoms with Crippen LogP contribution in [0, 0.1) is 0 Å². The minimum atomic E-state index is 0.0986. The van der Waals surface area contributed by atoms with Crippen molar-refractivity contribution < 1.29 is 0 Å². The van der Waals surface area contributed by atoms with Gasteiger partial charge in [-0.25, -0.2) is 5.84 Å². The summed E-state index contributed by atoms with van der Waals surface area (Å²) >= 11 is 0. The molecule has 0 fully saturated rings. The predicted molar refractivity (Wildman–Crippen MR) is 97.6 cm³/mol. The Kier molecular flexibility index (Phi) is 4.96. The van der Waals surface area contributed by atoms with Gasteiger partial charge in [0.05, 0.1) is 11.4 Å². The van der Waals surface area contributed by atoms with Crippen LogP contribution < -0.4 is 11.6 Å². The summed E-state index contributed by atoms with van der Waals surface area (Å²) in [6, 6.07) is 8.24.